The molecule has 1 saturated heterocycles. The zero-order valence-corrected chi connectivity index (χ0v) is 10.4. The highest BCUT2D eigenvalue weighted by Crippen LogP contribution is 2.05. The molecule has 1 aliphatic rings. The molecule has 0 bridgehead atoms. The Labute approximate surface area is 93.0 Å². The minimum absolute atomic E-state index is 0.251. The summed E-state index contributed by atoms with van der Waals surface area (Å²) in [5, 5.41) is 3.18. The van der Waals surface area contributed by atoms with Gasteiger partial charge in [0.05, 0.1) is 5.75 Å². The van der Waals surface area contributed by atoms with Crippen molar-refractivity contribution in [2.75, 3.05) is 44.2 Å². The Morgan fingerprint density at radius 3 is 2.47 bits per heavy atom. The van der Waals surface area contributed by atoms with Gasteiger partial charge in [-0.3, -0.25) is 0 Å². The van der Waals surface area contributed by atoms with Gasteiger partial charge in [0.1, 0.15) is 0 Å². The Kier molecular flexibility index (Phi) is 5.56. The molecule has 90 valence electrons. The second kappa shape index (κ2) is 6.45. The van der Waals surface area contributed by atoms with E-state index in [1.807, 2.05) is 0 Å². The number of nitrogens with zero attached hydrogens (tertiary/aromatic N) is 1. The fourth-order valence-electron chi connectivity index (χ4n) is 1.74. The van der Waals surface area contributed by atoms with Gasteiger partial charge in [0.2, 0.25) is 0 Å². The van der Waals surface area contributed by atoms with Crippen LogP contribution in [0.1, 0.15) is 19.8 Å². The Morgan fingerprint density at radius 1 is 1.20 bits per heavy atom. The minimum Gasteiger partial charge on any atom is -0.314 e. The molecule has 0 atom stereocenters. The molecule has 1 rings (SSSR count). The molecule has 1 fully saturated rings. The lowest BCUT2D eigenvalue weighted by Crippen LogP contribution is -2.32. The fraction of sp³-hybridized carbons (Fsp3) is 1.00. The lowest BCUT2D eigenvalue weighted by molar-refractivity contribution is 0.337. The molecule has 0 aromatic rings. The van der Waals surface area contributed by atoms with Gasteiger partial charge in [-0.2, -0.15) is 0 Å². The summed E-state index contributed by atoms with van der Waals surface area (Å²) in [6.45, 7) is 6.64. The molecule has 0 unspecified atom stereocenters. The van der Waals surface area contributed by atoms with E-state index in [9.17, 15) is 8.42 Å². The molecule has 0 radical (unpaired) electrons. The zero-order valence-electron chi connectivity index (χ0n) is 9.54. The summed E-state index contributed by atoms with van der Waals surface area (Å²) in [6.07, 6.45) is 2.62. The van der Waals surface area contributed by atoms with Crippen molar-refractivity contribution in [2.24, 2.45) is 0 Å². The van der Waals surface area contributed by atoms with Crippen LogP contribution in [-0.4, -0.2) is 57.5 Å². The van der Waals surface area contributed by atoms with E-state index in [2.05, 4.69) is 10.2 Å². The van der Waals surface area contributed by atoms with Gasteiger partial charge in [-0.05, 0) is 25.9 Å². The van der Waals surface area contributed by atoms with Crippen molar-refractivity contribution in [3.8, 4) is 0 Å². The van der Waals surface area contributed by atoms with E-state index in [0.717, 1.165) is 13.1 Å². The number of hydrogen-bond donors (Lipinski definition) is 1. The molecular weight excluding hydrogens is 212 g/mol. The van der Waals surface area contributed by atoms with Crippen molar-refractivity contribution in [1.29, 1.82) is 0 Å². The summed E-state index contributed by atoms with van der Waals surface area (Å²) in [4.78, 5) is 2.42. The maximum atomic E-state index is 11.2. The van der Waals surface area contributed by atoms with Crippen LogP contribution in [0.2, 0.25) is 0 Å². The monoisotopic (exact) mass is 234 g/mol. The normalized spacial score (nSPS) is 18.5. The topological polar surface area (TPSA) is 49.4 Å². The molecule has 0 aromatic heterocycles. The summed E-state index contributed by atoms with van der Waals surface area (Å²) >= 11 is 0. The fourth-order valence-corrected chi connectivity index (χ4v) is 2.48. The number of nitrogens with one attached hydrogen (secondary N) is 1. The standard InChI is InChI=1S/C10H22N2O2S/c1-2-15(13,14)10-6-11-5-9-12-7-3-4-8-12/h11H,2-10H2,1H3. The van der Waals surface area contributed by atoms with Crippen molar-refractivity contribution in [1.82, 2.24) is 10.2 Å². The summed E-state index contributed by atoms with van der Waals surface area (Å²) in [7, 11) is -2.80. The van der Waals surface area contributed by atoms with Gasteiger partial charge in [0.25, 0.3) is 0 Å². The van der Waals surface area contributed by atoms with Crippen LogP contribution in [0.3, 0.4) is 0 Å². The highest BCUT2D eigenvalue weighted by molar-refractivity contribution is 7.91. The Balaban J connectivity index is 1.97. The van der Waals surface area contributed by atoms with Gasteiger partial charge < -0.3 is 10.2 Å². The van der Waals surface area contributed by atoms with E-state index in [4.69, 9.17) is 0 Å². The van der Waals surface area contributed by atoms with Crippen LogP contribution in [0.15, 0.2) is 0 Å². The third kappa shape index (κ3) is 5.49. The molecule has 0 aromatic carbocycles. The lowest BCUT2D eigenvalue weighted by Gasteiger charge is -2.14. The Morgan fingerprint density at radius 2 is 1.87 bits per heavy atom. The summed E-state index contributed by atoms with van der Waals surface area (Å²) in [5.41, 5.74) is 0. The summed E-state index contributed by atoms with van der Waals surface area (Å²) in [6, 6.07) is 0. The quantitative estimate of drug-likeness (QED) is 0.635. The van der Waals surface area contributed by atoms with Crippen molar-refractivity contribution in [2.45, 2.75) is 19.8 Å². The van der Waals surface area contributed by atoms with Crippen LogP contribution in [0.5, 0.6) is 0 Å². The van der Waals surface area contributed by atoms with Crippen LogP contribution in [-0.2, 0) is 9.84 Å². The molecule has 1 N–H and O–H groups in total. The van der Waals surface area contributed by atoms with Gasteiger partial charge >= 0.3 is 0 Å². The van der Waals surface area contributed by atoms with E-state index in [-0.39, 0.29) is 11.5 Å². The van der Waals surface area contributed by atoms with Gasteiger partial charge in [-0.15, -0.1) is 0 Å². The molecule has 0 spiro atoms. The number of rotatable bonds is 7. The first-order chi connectivity index (χ1) is 7.14. The third-order valence-corrected chi connectivity index (χ3v) is 4.54. The molecule has 15 heavy (non-hydrogen) atoms. The first-order valence-electron chi connectivity index (χ1n) is 5.77. The van der Waals surface area contributed by atoms with Crippen molar-refractivity contribution < 1.29 is 8.42 Å². The number of likely N-dealkylation sites (tertiary alicyclic amines) is 1. The summed E-state index contributed by atoms with van der Waals surface area (Å²) < 4.78 is 22.3. The van der Waals surface area contributed by atoms with E-state index in [1.165, 1.54) is 25.9 Å². The van der Waals surface area contributed by atoms with E-state index in [0.29, 0.717) is 6.54 Å². The van der Waals surface area contributed by atoms with Gasteiger partial charge in [-0.1, -0.05) is 6.92 Å². The second-order valence-corrected chi connectivity index (χ2v) is 6.51. The predicted octanol–water partition coefficient (Wildman–Crippen LogP) is 0.107. The van der Waals surface area contributed by atoms with Crippen molar-refractivity contribution in [3.63, 3.8) is 0 Å². The predicted molar refractivity (Wildman–Crippen MR) is 62.9 cm³/mol. The largest absolute Gasteiger partial charge is 0.314 e. The average molecular weight is 234 g/mol. The molecule has 0 saturated carbocycles. The van der Waals surface area contributed by atoms with E-state index >= 15 is 0 Å². The minimum atomic E-state index is -2.80. The second-order valence-electron chi connectivity index (χ2n) is 4.04. The van der Waals surface area contributed by atoms with Gasteiger partial charge in [-0.25, -0.2) is 8.42 Å². The van der Waals surface area contributed by atoms with Crippen LogP contribution < -0.4 is 5.32 Å². The Bertz CT molecular complexity index is 259. The Hall–Kier alpha value is -0.130. The van der Waals surface area contributed by atoms with Crippen molar-refractivity contribution >= 4 is 9.84 Å². The first-order valence-corrected chi connectivity index (χ1v) is 7.59. The molecule has 4 nitrogen and oxygen atoms in total. The third-order valence-electron chi connectivity index (χ3n) is 2.83. The van der Waals surface area contributed by atoms with Gasteiger partial charge in [0.15, 0.2) is 9.84 Å². The molecule has 0 aliphatic carbocycles. The first kappa shape index (κ1) is 12.9. The van der Waals surface area contributed by atoms with Crippen molar-refractivity contribution in [3.05, 3.63) is 0 Å². The van der Waals surface area contributed by atoms with E-state index < -0.39 is 9.84 Å². The zero-order chi connectivity index (χ0) is 11.1. The molecule has 0 amide bonds. The van der Waals surface area contributed by atoms with Gasteiger partial charge in [0, 0.05) is 25.4 Å². The van der Waals surface area contributed by atoms with Crippen LogP contribution in [0, 0.1) is 0 Å². The number of sulfone groups is 1. The smallest absolute Gasteiger partial charge is 0.151 e. The lowest BCUT2D eigenvalue weighted by atomic mass is 10.4. The van der Waals surface area contributed by atoms with Crippen LogP contribution >= 0.6 is 0 Å². The SMILES string of the molecule is CCS(=O)(=O)CCNCCN1CCCC1. The van der Waals surface area contributed by atoms with E-state index in [1.54, 1.807) is 6.92 Å². The maximum absolute atomic E-state index is 11.2. The molecular formula is C10H22N2O2S. The number of hydrogen-bond acceptors (Lipinski definition) is 4. The maximum Gasteiger partial charge on any atom is 0.151 e. The molecule has 1 heterocycles. The van der Waals surface area contributed by atoms with Crippen LogP contribution in [0.25, 0.3) is 0 Å². The summed E-state index contributed by atoms with van der Waals surface area (Å²) in [5.74, 6) is 0.518. The molecule has 1 aliphatic heterocycles. The average Bonchev–Trinajstić information content (AvgIpc) is 2.70. The molecule has 5 heteroatoms. The van der Waals surface area contributed by atoms with Crippen LogP contribution in [0.4, 0.5) is 0 Å². The highest BCUT2D eigenvalue weighted by Gasteiger charge is 2.10. The highest BCUT2D eigenvalue weighted by atomic mass is 32.2.